The Hall–Kier alpha value is -2.50. The number of hydrogen-bond acceptors (Lipinski definition) is 4. The van der Waals surface area contributed by atoms with Crippen LogP contribution < -0.4 is 5.32 Å². The molecule has 2 aromatic heterocycles. The van der Waals surface area contributed by atoms with Crippen molar-refractivity contribution in [2.24, 2.45) is 0 Å². The van der Waals surface area contributed by atoms with Gasteiger partial charge in [0.05, 0.1) is 21.3 Å². The Morgan fingerprint density at radius 1 is 1.19 bits per heavy atom. The van der Waals surface area contributed by atoms with Crippen LogP contribution in [0.15, 0.2) is 36.4 Å². The summed E-state index contributed by atoms with van der Waals surface area (Å²) in [6, 6.07) is 11.6. The van der Waals surface area contributed by atoms with E-state index in [1.807, 2.05) is 43.3 Å². The number of thiazole rings is 1. The van der Waals surface area contributed by atoms with Gasteiger partial charge in [-0.3, -0.25) is 15.1 Å². The molecule has 0 spiro atoms. The fourth-order valence-corrected chi connectivity index (χ4v) is 4.90. The molecule has 0 saturated heterocycles. The minimum absolute atomic E-state index is 0.139. The molecule has 1 aliphatic rings. The molecule has 6 heteroatoms. The van der Waals surface area contributed by atoms with Crippen LogP contribution in [-0.2, 0) is 12.8 Å². The summed E-state index contributed by atoms with van der Waals surface area (Å²) in [5.74, 6) is -0.139. The first-order valence-electron chi connectivity index (χ1n) is 8.88. The number of carbonyl (C=O) groups excluding carboxylic acids is 1. The average Bonchev–Trinajstić information content (AvgIpc) is 3.26. The second-order valence-electron chi connectivity index (χ2n) is 6.82. The number of aromatic nitrogens is 2. The van der Waals surface area contributed by atoms with Crippen molar-refractivity contribution >= 4 is 55.1 Å². The van der Waals surface area contributed by atoms with Gasteiger partial charge in [0.1, 0.15) is 0 Å². The van der Waals surface area contributed by atoms with Crippen LogP contribution in [-0.4, -0.2) is 15.9 Å². The standard InChI is InChI=1S/C21H16ClN3OS/c1-11-4-2-7-17-19(11)24-21(27-17)25-20(26)18-13-5-3-6-15(13)23-16-9-8-12(22)10-14(16)18/h2,4,7-10H,3,5-6H2,1H3,(H,24,25,26). The lowest BCUT2D eigenvalue weighted by molar-refractivity contribution is 0.102. The maximum absolute atomic E-state index is 13.2. The van der Waals surface area contributed by atoms with Gasteiger partial charge in [0.15, 0.2) is 5.13 Å². The van der Waals surface area contributed by atoms with Crippen LogP contribution in [0.3, 0.4) is 0 Å². The van der Waals surface area contributed by atoms with Crippen LogP contribution in [0.25, 0.3) is 21.1 Å². The molecule has 0 saturated carbocycles. The van der Waals surface area contributed by atoms with E-state index in [9.17, 15) is 4.79 Å². The number of benzene rings is 2. The Bertz CT molecular complexity index is 1230. The maximum atomic E-state index is 13.2. The summed E-state index contributed by atoms with van der Waals surface area (Å²) in [6.07, 6.45) is 2.80. The molecule has 1 amide bonds. The Labute approximate surface area is 165 Å². The van der Waals surface area contributed by atoms with Crippen molar-refractivity contribution < 1.29 is 4.79 Å². The number of carbonyl (C=O) groups is 1. The first kappa shape index (κ1) is 16.7. The molecular formula is C21H16ClN3OS. The number of hydrogen-bond donors (Lipinski definition) is 1. The number of anilines is 1. The van der Waals surface area contributed by atoms with Crippen molar-refractivity contribution in [2.45, 2.75) is 26.2 Å². The molecule has 1 N–H and O–H groups in total. The third-order valence-electron chi connectivity index (χ3n) is 5.04. The zero-order chi connectivity index (χ0) is 18.5. The SMILES string of the molecule is Cc1cccc2sc(NC(=O)c3c4c(nc5ccc(Cl)cc35)CCC4)nc12. The van der Waals surface area contributed by atoms with E-state index < -0.39 is 0 Å². The van der Waals surface area contributed by atoms with E-state index in [1.165, 1.54) is 11.3 Å². The molecule has 0 aliphatic heterocycles. The second-order valence-corrected chi connectivity index (χ2v) is 8.29. The van der Waals surface area contributed by atoms with Crippen LogP contribution in [0.4, 0.5) is 5.13 Å². The lowest BCUT2D eigenvalue weighted by atomic mass is 10.0. The van der Waals surface area contributed by atoms with Gasteiger partial charge >= 0.3 is 0 Å². The Balaban J connectivity index is 1.62. The highest BCUT2D eigenvalue weighted by Gasteiger charge is 2.24. The molecule has 0 bridgehead atoms. The van der Waals surface area contributed by atoms with Gasteiger partial charge in [-0.2, -0.15) is 0 Å². The molecule has 2 aromatic carbocycles. The van der Waals surface area contributed by atoms with Gasteiger partial charge in [0, 0.05) is 16.1 Å². The molecule has 0 atom stereocenters. The van der Waals surface area contributed by atoms with Gasteiger partial charge in [0.25, 0.3) is 5.91 Å². The van der Waals surface area contributed by atoms with Crippen molar-refractivity contribution in [3.63, 3.8) is 0 Å². The molecule has 1 aliphatic carbocycles. The lowest BCUT2D eigenvalue weighted by Crippen LogP contribution is -2.15. The topological polar surface area (TPSA) is 54.9 Å². The van der Waals surface area contributed by atoms with Crippen LogP contribution in [0.2, 0.25) is 5.02 Å². The smallest absolute Gasteiger partial charge is 0.258 e. The third kappa shape index (κ3) is 2.78. The number of pyridine rings is 1. The van der Waals surface area contributed by atoms with E-state index in [0.29, 0.717) is 15.7 Å². The second kappa shape index (κ2) is 6.29. The molecule has 0 fully saturated rings. The predicted molar refractivity (Wildman–Crippen MR) is 111 cm³/mol. The number of fused-ring (bicyclic) bond motifs is 3. The van der Waals surface area contributed by atoms with Crippen molar-refractivity contribution in [1.82, 2.24) is 9.97 Å². The van der Waals surface area contributed by atoms with E-state index in [-0.39, 0.29) is 5.91 Å². The summed E-state index contributed by atoms with van der Waals surface area (Å²) in [4.78, 5) is 22.6. The van der Waals surface area contributed by atoms with E-state index in [2.05, 4.69) is 10.3 Å². The van der Waals surface area contributed by atoms with E-state index in [4.69, 9.17) is 16.6 Å². The van der Waals surface area contributed by atoms with Gasteiger partial charge in [-0.15, -0.1) is 0 Å². The molecule has 4 aromatic rings. The average molecular weight is 394 g/mol. The summed E-state index contributed by atoms with van der Waals surface area (Å²) in [5, 5.41) is 5.03. The zero-order valence-corrected chi connectivity index (χ0v) is 16.2. The molecule has 0 radical (unpaired) electrons. The van der Waals surface area contributed by atoms with Gasteiger partial charge in [0.2, 0.25) is 0 Å². The number of aryl methyl sites for hydroxylation is 2. The number of nitrogens with one attached hydrogen (secondary N) is 1. The summed E-state index contributed by atoms with van der Waals surface area (Å²) < 4.78 is 1.07. The van der Waals surface area contributed by atoms with Crippen LogP contribution >= 0.6 is 22.9 Å². The highest BCUT2D eigenvalue weighted by molar-refractivity contribution is 7.22. The fraction of sp³-hybridized carbons (Fsp3) is 0.190. The number of nitrogens with zero attached hydrogens (tertiary/aromatic N) is 2. The van der Waals surface area contributed by atoms with E-state index in [0.717, 1.165) is 57.2 Å². The van der Waals surface area contributed by atoms with Crippen molar-refractivity contribution in [1.29, 1.82) is 0 Å². The van der Waals surface area contributed by atoms with Crippen molar-refractivity contribution in [2.75, 3.05) is 5.32 Å². The van der Waals surface area contributed by atoms with E-state index in [1.54, 1.807) is 0 Å². The van der Waals surface area contributed by atoms with Crippen LogP contribution in [0.5, 0.6) is 0 Å². The highest BCUT2D eigenvalue weighted by Crippen LogP contribution is 2.33. The summed E-state index contributed by atoms with van der Waals surface area (Å²) in [7, 11) is 0. The highest BCUT2D eigenvalue weighted by atomic mass is 35.5. The first-order valence-corrected chi connectivity index (χ1v) is 10.1. The number of amides is 1. The largest absolute Gasteiger partial charge is 0.298 e. The molecular weight excluding hydrogens is 378 g/mol. The molecule has 134 valence electrons. The van der Waals surface area contributed by atoms with Crippen molar-refractivity contribution in [3.05, 3.63) is 63.8 Å². The van der Waals surface area contributed by atoms with Gasteiger partial charge in [-0.1, -0.05) is 35.1 Å². The number of para-hydroxylation sites is 1. The van der Waals surface area contributed by atoms with Gasteiger partial charge in [-0.25, -0.2) is 4.98 Å². The lowest BCUT2D eigenvalue weighted by Gasteiger charge is -2.12. The fourth-order valence-electron chi connectivity index (χ4n) is 3.79. The molecule has 27 heavy (non-hydrogen) atoms. The van der Waals surface area contributed by atoms with Gasteiger partial charge < -0.3 is 0 Å². The molecule has 4 nitrogen and oxygen atoms in total. The monoisotopic (exact) mass is 393 g/mol. The minimum atomic E-state index is -0.139. The zero-order valence-electron chi connectivity index (χ0n) is 14.7. The minimum Gasteiger partial charge on any atom is -0.298 e. The van der Waals surface area contributed by atoms with Gasteiger partial charge in [-0.05, 0) is 61.6 Å². The summed E-state index contributed by atoms with van der Waals surface area (Å²) in [5.41, 5.74) is 5.60. The normalized spacial score (nSPS) is 13.3. The number of halogens is 1. The Morgan fingerprint density at radius 3 is 2.93 bits per heavy atom. The Kier molecular flexibility index (Phi) is 3.88. The first-order chi connectivity index (χ1) is 13.1. The summed E-state index contributed by atoms with van der Waals surface area (Å²) in [6.45, 7) is 2.03. The maximum Gasteiger partial charge on any atom is 0.258 e. The van der Waals surface area contributed by atoms with E-state index >= 15 is 0 Å². The molecule has 2 heterocycles. The third-order valence-corrected chi connectivity index (χ3v) is 6.21. The Morgan fingerprint density at radius 2 is 2.07 bits per heavy atom. The molecule has 0 unspecified atom stereocenters. The quantitative estimate of drug-likeness (QED) is 0.486. The number of rotatable bonds is 2. The molecule has 5 rings (SSSR count). The predicted octanol–water partition coefficient (Wildman–Crippen LogP) is 5.55. The van der Waals surface area contributed by atoms with Crippen LogP contribution in [0.1, 0.15) is 33.6 Å². The van der Waals surface area contributed by atoms with Crippen molar-refractivity contribution in [3.8, 4) is 0 Å². The van der Waals surface area contributed by atoms with Crippen LogP contribution in [0, 0.1) is 6.92 Å². The summed E-state index contributed by atoms with van der Waals surface area (Å²) >= 11 is 7.70.